The summed E-state index contributed by atoms with van der Waals surface area (Å²) < 4.78 is 10.5. The van der Waals surface area contributed by atoms with Gasteiger partial charge in [0.25, 0.3) is 5.91 Å². The molecule has 0 aliphatic carbocycles. The fourth-order valence-electron chi connectivity index (χ4n) is 3.54. The lowest BCUT2D eigenvalue weighted by molar-refractivity contribution is -0.156. The Bertz CT molecular complexity index is 1440. The summed E-state index contributed by atoms with van der Waals surface area (Å²) in [5.41, 5.74) is 0.494. The normalized spacial score (nSPS) is 11.4. The summed E-state index contributed by atoms with van der Waals surface area (Å²) in [7, 11) is 1.48. The van der Waals surface area contributed by atoms with Gasteiger partial charge in [0.15, 0.2) is 5.13 Å². The number of nitrogens with one attached hydrogen (secondary N) is 5. The first kappa shape index (κ1) is 32.5. The molecule has 3 aromatic rings. The Hall–Kier alpha value is -4.98. The van der Waals surface area contributed by atoms with E-state index in [0.717, 1.165) is 16.9 Å². The maximum absolute atomic E-state index is 13.0. The number of hydrogen-bond acceptors (Lipinski definition) is 9. The van der Waals surface area contributed by atoms with E-state index in [1.54, 1.807) is 45.0 Å². The van der Waals surface area contributed by atoms with Crippen LogP contribution in [0.5, 0.6) is 5.75 Å². The van der Waals surface area contributed by atoms with Crippen LogP contribution >= 0.6 is 11.3 Å². The predicted octanol–water partition coefficient (Wildman–Crippen LogP) is 3.06. The largest absolute Gasteiger partial charge is 0.497 e. The van der Waals surface area contributed by atoms with Crippen LogP contribution in [0.2, 0.25) is 0 Å². The Morgan fingerprint density at radius 2 is 1.70 bits per heavy atom. The summed E-state index contributed by atoms with van der Waals surface area (Å²) in [5.74, 6) is -2.26. The SMILES string of the molecule is COc1cccc(NC(=O)[C@H](CC(=O)OC(C)(C)C)NC(=O)CNC(=O)c2csc(NC(=O)NCc3ccccc3)n2)c1. The highest BCUT2D eigenvalue weighted by atomic mass is 32.1. The average Bonchev–Trinajstić information content (AvgIpc) is 3.42. The number of nitrogens with zero attached hydrogens (tertiary/aromatic N) is 1. The highest BCUT2D eigenvalue weighted by molar-refractivity contribution is 7.14. The Labute approximate surface area is 252 Å². The van der Waals surface area contributed by atoms with Gasteiger partial charge in [-0.25, -0.2) is 9.78 Å². The van der Waals surface area contributed by atoms with Crippen molar-refractivity contribution < 1.29 is 33.4 Å². The molecule has 0 bridgehead atoms. The third-order valence-corrected chi connectivity index (χ3v) is 6.20. The van der Waals surface area contributed by atoms with Crippen molar-refractivity contribution in [3.63, 3.8) is 0 Å². The molecule has 0 spiro atoms. The van der Waals surface area contributed by atoms with Crippen LogP contribution in [0, 0.1) is 0 Å². The van der Waals surface area contributed by atoms with E-state index in [0.29, 0.717) is 18.0 Å². The number of aromatic nitrogens is 1. The highest BCUT2D eigenvalue weighted by Crippen LogP contribution is 2.18. The Morgan fingerprint density at radius 3 is 2.40 bits per heavy atom. The quantitative estimate of drug-likeness (QED) is 0.194. The van der Waals surface area contributed by atoms with E-state index in [2.05, 4.69) is 31.6 Å². The zero-order valence-corrected chi connectivity index (χ0v) is 25.0. The van der Waals surface area contributed by atoms with Crippen molar-refractivity contribution in [2.24, 2.45) is 0 Å². The summed E-state index contributed by atoms with van der Waals surface area (Å²) in [4.78, 5) is 67.0. The zero-order chi connectivity index (χ0) is 31.4. The number of ether oxygens (including phenoxy) is 2. The molecule has 1 heterocycles. The molecule has 228 valence electrons. The van der Waals surface area contributed by atoms with Crippen molar-refractivity contribution in [2.45, 2.75) is 45.4 Å². The molecule has 5 N–H and O–H groups in total. The molecule has 0 unspecified atom stereocenters. The lowest BCUT2D eigenvalue weighted by Gasteiger charge is -2.22. The van der Waals surface area contributed by atoms with Crippen LogP contribution in [0.15, 0.2) is 60.0 Å². The van der Waals surface area contributed by atoms with Crippen LogP contribution in [0.25, 0.3) is 0 Å². The van der Waals surface area contributed by atoms with Gasteiger partial charge in [-0.05, 0) is 38.5 Å². The molecule has 1 aromatic heterocycles. The minimum absolute atomic E-state index is 0.0165. The average molecular weight is 611 g/mol. The summed E-state index contributed by atoms with van der Waals surface area (Å²) in [6, 6.07) is 14.1. The van der Waals surface area contributed by atoms with Gasteiger partial charge in [0.1, 0.15) is 23.1 Å². The predicted molar refractivity (Wildman–Crippen MR) is 161 cm³/mol. The fraction of sp³-hybridized carbons (Fsp3) is 0.310. The number of amides is 5. The molecule has 5 amide bonds. The first-order chi connectivity index (χ1) is 20.4. The topological polar surface area (TPSA) is 177 Å². The number of urea groups is 1. The molecule has 14 heteroatoms. The van der Waals surface area contributed by atoms with Gasteiger partial charge in [-0.2, -0.15) is 0 Å². The maximum atomic E-state index is 13.0. The van der Waals surface area contributed by atoms with Crippen molar-refractivity contribution in [1.29, 1.82) is 0 Å². The molecule has 2 aromatic carbocycles. The van der Waals surface area contributed by atoms with Crippen molar-refractivity contribution in [3.05, 3.63) is 71.2 Å². The van der Waals surface area contributed by atoms with E-state index < -0.39 is 54.3 Å². The van der Waals surface area contributed by atoms with Gasteiger partial charge >= 0.3 is 12.0 Å². The molecule has 0 aliphatic rings. The molecular weight excluding hydrogens is 576 g/mol. The Kier molecular flexibility index (Phi) is 11.6. The van der Waals surface area contributed by atoms with E-state index in [1.165, 1.54) is 12.5 Å². The van der Waals surface area contributed by atoms with Gasteiger partial charge in [0, 0.05) is 23.7 Å². The number of benzene rings is 2. The van der Waals surface area contributed by atoms with E-state index in [-0.39, 0.29) is 10.8 Å². The summed E-state index contributed by atoms with van der Waals surface area (Å²) in [6.07, 6.45) is -0.444. The number of hydrogen-bond donors (Lipinski definition) is 5. The van der Waals surface area contributed by atoms with Gasteiger partial charge in [0.2, 0.25) is 11.8 Å². The van der Waals surface area contributed by atoms with Crippen molar-refractivity contribution in [3.8, 4) is 5.75 Å². The molecule has 0 saturated carbocycles. The molecule has 13 nitrogen and oxygen atoms in total. The molecule has 1 atom stereocenters. The highest BCUT2D eigenvalue weighted by Gasteiger charge is 2.27. The van der Waals surface area contributed by atoms with Crippen LogP contribution in [-0.2, 0) is 25.7 Å². The third kappa shape index (κ3) is 11.4. The second-order valence-electron chi connectivity index (χ2n) is 10.1. The van der Waals surface area contributed by atoms with Gasteiger partial charge in [-0.15, -0.1) is 11.3 Å². The zero-order valence-electron chi connectivity index (χ0n) is 24.2. The van der Waals surface area contributed by atoms with Crippen LogP contribution < -0.4 is 31.3 Å². The molecule has 0 fully saturated rings. The molecular formula is C29H34N6O7S. The minimum atomic E-state index is -1.30. The van der Waals surface area contributed by atoms with Crippen molar-refractivity contribution in [1.82, 2.24) is 20.9 Å². The number of carbonyl (C=O) groups is 5. The van der Waals surface area contributed by atoms with Crippen molar-refractivity contribution >= 4 is 51.9 Å². The monoisotopic (exact) mass is 610 g/mol. The van der Waals surface area contributed by atoms with Crippen molar-refractivity contribution in [2.75, 3.05) is 24.3 Å². The Morgan fingerprint density at radius 1 is 0.953 bits per heavy atom. The van der Waals surface area contributed by atoms with Crippen LogP contribution in [0.3, 0.4) is 0 Å². The van der Waals surface area contributed by atoms with Gasteiger partial charge < -0.3 is 30.7 Å². The lowest BCUT2D eigenvalue weighted by atomic mass is 10.1. The number of methoxy groups -OCH3 is 1. The maximum Gasteiger partial charge on any atom is 0.321 e. The smallest absolute Gasteiger partial charge is 0.321 e. The second-order valence-corrected chi connectivity index (χ2v) is 11.0. The number of anilines is 2. The van der Waals surface area contributed by atoms with Crippen LogP contribution in [0.1, 0.15) is 43.2 Å². The lowest BCUT2D eigenvalue weighted by Crippen LogP contribution is -2.49. The van der Waals surface area contributed by atoms with E-state index in [4.69, 9.17) is 9.47 Å². The first-order valence-electron chi connectivity index (χ1n) is 13.2. The fourth-order valence-corrected chi connectivity index (χ4v) is 4.23. The number of esters is 1. The van der Waals surface area contributed by atoms with E-state index in [9.17, 15) is 24.0 Å². The van der Waals surface area contributed by atoms with Gasteiger partial charge in [0.05, 0.1) is 20.1 Å². The van der Waals surface area contributed by atoms with E-state index >= 15 is 0 Å². The summed E-state index contributed by atoms with van der Waals surface area (Å²) in [5, 5.41) is 14.4. The molecule has 0 aliphatic heterocycles. The number of thiazole rings is 1. The number of carbonyl (C=O) groups excluding carboxylic acids is 5. The summed E-state index contributed by atoms with van der Waals surface area (Å²) in [6.45, 7) is 4.85. The summed E-state index contributed by atoms with van der Waals surface area (Å²) >= 11 is 1.03. The molecule has 43 heavy (non-hydrogen) atoms. The Balaban J connectivity index is 1.54. The first-order valence-corrected chi connectivity index (χ1v) is 14.1. The van der Waals surface area contributed by atoms with Crippen LogP contribution in [-0.4, -0.2) is 60.0 Å². The number of rotatable bonds is 12. The van der Waals surface area contributed by atoms with Gasteiger partial charge in [-0.3, -0.25) is 24.5 Å². The van der Waals surface area contributed by atoms with Gasteiger partial charge in [-0.1, -0.05) is 36.4 Å². The molecule has 0 radical (unpaired) electrons. The molecule has 3 rings (SSSR count). The molecule has 0 saturated heterocycles. The standard InChI is InChI=1S/C29H34N6O7S/c1-29(2,3)42-24(37)14-21(26(39)32-19-11-8-12-20(13-19)41-4)33-23(36)16-30-25(38)22-17-43-28(34-22)35-27(40)31-15-18-9-6-5-7-10-18/h5-13,17,21H,14-16H2,1-4H3,(H,30,38)(H,32,39)(H,33,36)(H2,31,34,35,40)/t21-/m0/s1. The van der Waals surface area contributed by atoms with E-state index in [1.807, 2.05) is 30.3 Å². The van der Waals surface area contributed by atoms with Crippen LogP contribution in [0.4, 0.5) is 15.6 Å². The second kappa shape index (κ2) is 15.3. The minimum Gasteiger partial charge on any atom is -0.497 e. The third-order valence-electron chi connectivity index (χ3n) is 5.44.